The largest absolute Gasteiger partial charge is 0.312 e. The summed E-state index contributed by atoms with van der Waals surface area (Å²) in [6.07, 6.45) is 2.02. The lowest BCUT2D eigenvalue weighted by atomic mass is 10.1. The number of nitrogens with zero attached hydrogens (tertiary/aromatic N) is 2. The van der Waals surface area contributed by atoms with Crippen LogP contribution in [-0.2, 0) is 6.54 Å². The van der Waals surface area contributed by atoms with Gasteiger partial charge in [-0.2, -0.15) is 0 Å². The zero-order chi connectivity index (χ0) is 13.5. The van der Waals surface area contributed by atoms with Crippen LogP contribution in [0, 0.1) is 20.2 Å². The molecule has 0 saturated carbocycles. The van der Waals surface area contributed by atoms with Crippen LogP contribution in [-0.4, -0.2) is 16.4 Å². The van der Waals surface area contributed by atoms with Crippen molar-refractivity contribution in [1.29, 1.82) is 0 Å². The fraction of sp³-hybridized carbons (Fsp3) is 0.455. The summed E-state index contributed by atoms with van der Waals surface area (Å²) in [5.41, 5.74) is -0.0195. The van der Waals surface area contributed by atoms with E-state index in [2.05, 4.69) is 12.2 Å². The zero-order valence-corrected chi connectivity index (χ0v) is 10.1. The highest BCUT2D eigenvalue weighted by Gasteiger charge is 2.18. The third kappa shape index (κ3) is 3.77. The van der Waals surface area contributed by atoms with Crippen molar-refractivity contribution < 1.29 is 9.85 Å². The summed E-state index contributed by atoms with van der Waals surface area (Å²) in [5, 5.41) is 24.5. The van der Waals surface area contributed by atoms with Gasteiger partial charge in [0, 0.05) is 18.2 Å². The standard InChI is InChI=1S/C11H15N3O4/c1-2-3-6-12-8-9-4-5-10(13(15)16)7-11(9)14(17)18/h4-5,7,12H,2-3,6,8H2,1H3. The zero-order valence-electron chi connectivity index (χ0n) is 10.1. The maximum Gasteiger partial charge on any atom is 0.280 e. The summed E-state index contributed by atoms with van der Waals surface area (Å²) in [5.74, 6) is 0. The summed E-state index contributed by atoms with van der Waals surface area (Å²) < 4.78 is 0. The molecule has 0 aromatic heterocycles. The van der Waals surface area contributed by atoms with E-state index in [9.17, 15) is 20.2 Å². The minimum Gasteiger partial charge on any atom is -0.312 e. The van der Waals surface area contributed by atoms with E-state index >= 15 is 0 Å². The number of nitro benzene ring substituents is 2. The van der Waals surface area contributed by atoms with Crippen molar-refractivity contribution in [3.63, 3.8) is 0 Å². The monoisotopic (exact) mass is 253 g/mol. The van der Waals surface area contributed by atoms with Gasteiger partial charge in [-0.15, -0.1) is 0 Å². The lowest BCUT2D eigenvalue weighted by Crippen LogP contribution is -2.15. The molecule has 0 radical (unpaired) electrons. The van der Waals surface area contributed by atoms with E-state index in [4.69, 9.17) is 0 Å². The van der Waals surface area contributed by atoms with Gasteiger partial charge >= 0.3 is 0 Å². The molecule has 1 aromatic carbocycles. The second-order valence-corrected chi connectivity index (χ2v) is 3.86. The third-order valence-corrected chi connectivity index (χ3v) is 2.50. The molecule has 0 aliphatic heterocycles. The van der Waals surface area contributed by atoms with Gasteiger partial charge in [0.25, 0.3) is 11.4 Å². The van der Waals surface area contributed by atoms with Crippen LogP contribution in [0.2, 0.25) is 0 Å². The number of nitro groups is 2. The molecule has 1 aromatic rings. The van der Waals surface area contributed by atoms with E-state index in [1.165, 1.54) is 12.1 Å². The van der Waals surface area contributed by atoms with Crippen molar-refractivity contribution in [3.05, 3.63) is 44.0 Å². The maximum atomic E-state index is 10.8. The van der Waals surface area contributed by atoms with Crippen molar-refractivity contribution in [1.82, 2.24) is 5.32 Å². The average Bonchev–Trinajstić information content (AvgIpc) is 2.34. The van der Waals surface area contributed by atoms with Gasteiger partial charge in [-0.1, -0.05) is 13.3 Å². The van der Waals surface area contributed by atoms with Crippen molar-refractivity contribution in [3.8, 4) is 0 Å². The molecule has 7 heteroatoms. The number of rotatable bonds is 7. The molecule has 0 aliphatic carbocycles. The SMILES string of the molecule is CCCCNCc1ccc([N+](=O)[O-])cc1[N+](=O)[O-]. The smallest absolute Gasteiger partial charge is 0.280 e. The maximum absolute atomic E-state index is 10.8. The van der Waals surface area contributed by atoms with E-state index in [1.54, 1.807) is 0 Å². The molecule has 18 heavy (non-hydrogen) atoms. The Kier molecular flexibility index (Phi) is 5.19. The predicted molar refractivity (Wildman–Crippen MR) is 66.4 cm³/mol. The molecule has 0 amide bonds. The second kappa shape index (κ2) is 6.65. The van der Waals surface area contributed by atoms with Crippen LogP contribution >= 0.6 is 0 Å². The first-order valence-corrected chi connectivity index (χ1v) is 5.68. The fourth-order valence-electron chi connectivity index (χ4n) is 1.51. The van der Waals surface area contributed by atoms with E-state index in [0.717, 1.165) is 25.5 Å². The Labute approximate surface area is 104 Å². The van der Waals surface area contributed by atoms with Crippen molar-refractivity contribution >= 4 is 11.4 Å². The first-order valence-electron chi connectivity index (χ1n) is 5.68. The van der Waals surface area contributed by atoms with Crippen LogP contribution in [0.3, 0.4) is 0 Å². The lowest BCUT2D eigenvalue weighted by molar-refractivity contribution is -0.394. The molecule has 0 bridgehead atoms. The molecular weight excluding hydrogens is 238 g/mol. The minimum atomic E-state index is -0.638. The minimum absolute atomic E-state index is 0.215. The Morgan fingerprint density at radius 3 is 2.50 bits per heavy atom. The second-order valence-electron chi connectivity index (χ2n) is 3.86. The first kappa shape index (κ1) is 14.0. The summed E-state index contributed by atoms with van der Waals surface area (Å²) in [6, 6.07) is 3.70. The summed E-state index contributed by atoms with van der Waals surface area (Å²) in [6.45, 7) is 3.16. The molecule has 0 saturated heterocycles. The number of non-ortho nitro benzene ring substituents is 1. The first-order chi connectivity index (χ1) is 8.56. The van der Waals surface area contributed by atoms with E-state index in [-0.39, 0.29) is 11.4 Å². The highest BCUT2D eigenvalue weighted by molar-refractivity contribution is 5.49. The van der Waals surface area contributed by atoms with Gasteiger partial charge in [0.15, 0.2) is 0 Å². The van der Waals surface area contributed by atoms with Gasteiger partial charge in [0.2, 0.25) is 0 Å². The summed E-state index contributed by atoms with van der Waals surface area (Å²) >= 11 is 0. The lowest BCUT2D eigenvalue weighted by Gasteiger charge is -2.04. The van der Waals surface area contributed by atoms with E-state index in [1.807, 2.05) is 0 Å². The molecule has 0 aliphatic rings. The Morgan fingerprint density at radius 1 is 1.22 bits per heavy atom. The van der Waals surface area contributed by atoms with E-state index < -0.39 is 9.85 Å². The summed E-state index contributed by atoms with van der Waals surface area (Å²) in [4.78, 5) is 20.2. The van der Waals surface area contributed by atoms with Crippen LogP contribution in [0.4, 0.5) is 11.4 Å². The number of hydrogen-bond donors (Lipinski definition) is 1. The van der Waals surface area contributed by atoms with Gasteiger partial charge in [-0.05, 0) is 19.0 Å². The Hall–Kier alpha value is -2.02. The molecule has 0 unspecified atom stereocenters. The van der Waals surface area contributed by atoms with Crippen LogP contribution < -0.4 is 5.32 Å². The highest BCUT2D eigenvalue weighted by Crippen LogP contribution is 2.24. The Bertz CT molecular complexity index is 448. The number of nitrogens with one attached hydrogen (secondary N) is 1. The third-order valence-electron chi connectivity index (χ3n) is 2.50. The normalized spacial score (nSPS) is 10.3. The van der Waals surface area contributed by atoms with Gasteiger partial charge in [-0.25, -0.2) is 0 Å². The molecule has 7 nitrogen and oxygen atoms in total. The topological polar surface area (TPSA) is 98.3 Å². The van der Waals surface area contributed by atoms with Gasteiger partial charge in [-0.3, -0.25) is 20.2 Å². The van der Waals surface area contributed by atoms with Crippen molar-refractivity contribution in [2.45, 2.75) is 26.3 Å². The summed E-state index contributed by atoms with van der Waals surface area (Å²) in [7, 11) is 0. The van der Waals surface area contributed by atoms with Crippen LogP contribution in [0.5, 0.6) is 0 Å². The number of unbranched alkanes of at least 4 members (excludes halogenated alkanes) is 1. The molecule has 0 atom stereocenters. The Morgan fingerprint density at radius 2 is 1.94 bits per heavy atom. The highest BCUT2D eigenvalue weighted by atomic mass is 16.6. The van der Waals surface area contributed by atoms with Crippen LogP contribution in [0.25, 0.3) is 0 Å². The molecular formula is C11H15N3O4. The van der Waals surface area contributed by atoms with Gasteiger partial charge in [0.05, 0.1) is 15.9 Å². The quantitative estimate of drug-likeness (QED) is 0.457. The van der Waals surface area contributed by atoms with Gasteiger partial charge < -0.3 is 5.32 Å². The van der Waals surface area contributed by atoms with Crippen molar-refractivity contribution in [2.24, 2.45) is 0 Å². The molecule has 0 heterocycles. The van der Waals surface area contributed by atoms with Gasteiger partial charge in [0.1, 0.15) is 0 Å². The van der Waals surface area contributed by atoms with Crippen molar-refractivity contribution in [2.75, 3.05) is 6.54 Å². The molecule has 1 N–H and O–H groups in total. The van der Waals surface area contributed by atoms with E-state index in [0.29, 0.717) is 12.1 Å². The Balaban J connectivity index is 2.83. The van der Waals surface area contributed by atoms with Crippen LogP contribution in [0.15, 0.2) is 18.2 Å². The predicted octanol–water partition coefficient (Wildman–Crippen LogP) is 2.39. The fourth-order valence-corrected chi connectivity index (χ4v) is 1.51. The molecule has 98 valence electrons. The number of hydrogen-bond acceptors (Lipinski definition) is 5. The molecule has 0 spiro atoms. The molecule has 1 rings (SSSR count). The average molecular weight is 253 g/mol. The number of benzene rings is 1. The van der Waals surface area contributed by atoms with Crippen LogP contribution in [0.1, 0.15) is 25.3 Å². The molecule has 0 fully saturated rings.